The van der Waals surface area contributed by atoms with Crippen molar-refractivity contribution < 1.29 is 14.3 Å². The van der Waals surface area contributed by atoms with Crippen molar-refractivity contribution in [2.75, 3.05) is 13.2 Å². The van der Waals surface area contributed by atoms with E-state index in [1.807, 2.05) is 6.92 Å². The Labute approximate surface area is 114 Å². The molecule has 0 aliphatic carbocycles. The minimum absolute atomic E-state index is 0.0808. The summed E-state index contributed by atoms with van der Waals surface area (Å²) >= 11 is 0. The highest BCUT2D eigenvalue weighted by molar-refractivity contribution is 6.00. The van der Waals surface area contributed by atoms with Gasteiger partial charge in [-0.25, -0.2) is 0 Å². The molecule has 1 aromatic rings. The van der Waals surface area contributed by atoms with Crippen LogP contribution >= 0.6 is 0 Å². The third-order valence-corrected chi connectivity index (χ3v) is 3.37. The molecule has 0 radical (unpaired) electrons. The second-order valence-corrected chi connectivity index (χ2v) is 4.92. The molecule has 104 valence electrons. The van der Waals surface area contributed by atoms with E-state index in [1.54, 1.807) is 18.2 Å². The van der Waals surface area contributed by atoms with Crippen LogP contribution in [-0.2, 0) is 0 Å². The molecule has 0 saturated carbocycles. The number of fused-ring (bicyclic) bond motifs is 1. The molecule has 2 rings (SSSR count). The molecule has 0 aromatic heterocycles. The van der Waals surface area contributed by atoms with Crippen molar-refractivity contribution in [3.63, 3.8) is 0 Å². The SMILES string of the molecule is CCC(C)NC(C)C(=O)c1ccc2c(c1)OCCO2. The highest BCUT2D eigenvalue weighted by atomic mass is 16.6. The van der Waals surface area contributed by atoms with Crippen molar-refractivity contribution in [1.29, 1.82) is 0 Å². The zero-order valence-electron chi connectivity index (χ0n) is 11.7. The summed E-state index contributed by atoms with van der Waals surface area (Å²) in [6, 6.07) is 5.50. The fourth-order valence-electron chi connectivity index (χ4n) is 2.07. The summed E-state index contributed by atoms with van der Waals surface area (Å²) in [5.41, 5.74) is 0.660. The number of ketones is 1. The van der Waals surface area contributed by atoms with Crippen molar-refractivity contribution in [3.8, 4) is 11.5 Å². The van der Waals surface area contributed by atoms with E-state index in [0.29, 0.717) is 36.3 Å². The van der Waals surface area contributed by atoms with E-state index >= 15 is 0 Å². The summed E-state index contributed by atoms with van der Waals surface area (Å²) < 4.78 is 10.9. The fraction of sp³-hybridized carbons (Fsp3) is 0.533. The average Bonchev–Trinajstić information content (AvgIpc) is 2.45. The van der Waals surface area contributed by atoms with Gasteiger partial charge in [-0.15, -0.1) is 0 Å². The first-order valence-corrected chi connectivity index (χ1v) is 6.81. The van der Waals surface area contributed by atoms with Gasteiger partial charge in [-0.2, -0.15) is 0 Å². The first-order chi connectivity index (χ1) is 9.11. The van der Waals surface area contributed by atoms with E-state index in [0.717, 1.165) is 6.42 Å². The standard InChI is InChI=1S/C15H21NO3/c1-4-10(2)16-11(3)15(17)12-5-6-13-14(9-12)19-8-7-18-13/h5-6,9-11,16H,4,7-8H2,1-3H3. The second kappa shape index (κ2) is 6.06. The summed E-state index contributed by atoms with van der Waals surface area (Å²) in [5.74, 6) is 1.45. The molecule has 1 aliphatic rings. The predicted octanol–water partition coefficient (Wildman–Crippen LogP) is 2.42. The van der Waals surface area contributed by atoms with Gasteiger partial charge in [0.2, 0.25) is 0 Å². The minimum Gasteiger partial charge on any atom is -0.486 e. The highest BCUT2D eigenvalue weighted by Gasteiger charge is 2.19. The Balaban J connectivity index is 2.10. The third kappa shape index (κ3) is 3.26. The number of rotatable bonds is 5. The van der Waals surface area contributed by atoms with Crippen molar-refractivity contribution in [1.82, 2.24) is 5.32 Å². The molecule has 1 aliphatic heterocycles. The third-order valence-electron chi connectivity index (χ3n) is 3.37. The van der Waals surface area contributed by atoms with E-state index in [2.05, 4.69) is 19.2 Å². The van der Waals surface area contributed by atoms with Crippen LogP contribution in [-0.4, -0.2) is 31.1 Å². The van der Waals surface area contributed by atoms with Gasteiger partial charge in [0, 0.05) is 11.6 Å². The quantitative estimate of drug-likeness (QED) is 0.829. The van der Waals surface area contributed by atoms with E-state index in [9.17, 15) is 4.79 Å². The summed E-state index contributed by atoms with van der Waals surface area (Å²) in [7, 11) is 0. The Hall–Kier alpha value is -1.55. The Bertz CT molecular complexity index is 459. The van der Waals surface area contributed by atoms with Gasteiger partial charge in [0.15, 0.2) is 17.3 Å². The summed E-state index contributed by atoms with van der Waals surface area (Å²) in [6.45, 7) is 7.16. The number of carbonyl (C=O) groups excluding carboxylic acids is 1. The van der Waals surface area contributed by atoms with Crippen LogP contribution in [0, 0.1) is 0 Å². The van der Waals surface area contributed by atoms with Crippen LogP contribution in [0.4, 0.5) is 0 Å². The second-order valence-electron chi connectivity index (χ2n) is 4.92. The van der Waals surface area contributed by atoms with Crippen LogP contribution in [0.1, 0.15) is 37.6 Å². The first-order valence-electron chi connectivity index (χ1n) is 6.81. The lowest BCUT2D eigenvalue weighted by atomic mass is 10.0. The lowest BCUT2D eigenvalue weighted by molar-refractivity contribution is 0.0944. The normalized spacial score (nSPS) is 16.8. The first kappa shape index (κ1) is 13.9. The molecule has 4 nitrogen and oxygen atoms in total. The number of hydrogen-bond donors (Lipinski definition) is 1. The number of Topliss-reactive ketones (excluding diaryl/α,β-unsaturated/α-hetero) is 1. The fourth-order valence-corrected chi connectivity index (χ4v) is 2.07. The molecule has 1 aromatic carbocycles. The Kier molecular flexibility index (Phi) is 4.43. The van der Waals surface area contributed by atoms with E-state index < -0.39 is 0 Å². The minimum atomic E-state index is -0.197. The van der Waals surface area contributed by atoms with Gasteiger partial charge in [0.1, 0.15) is 13.2 Å². The Morgan fingerprint density at radius 2 is 1.95 bits per heavy atom. The zero-order chi connectivity index (χ0) is 13.8. The van der Waals surface area contributed by atoms with Gasteiger partial charge in [-0.3, -0.25) is 4.79 Å². The van der Waals surface area contributed by atoms with Crippen LogP contribution in [0.25, 0.3) is 0 Å². The molecule has 4 heteroatoms. The largest absolute Gasteiger partial charge is 0.486 e. The molecule has 0 fully saturated rings. The summed E-state index contributed by atoms with van der Waals surface area (Å²) in [5, 5.41) is 3.29. The van der Waals surface area contributed by atoms with Gasteiger partial charge in [0.05, 0.1) is 6.04 Å². The summed E-state index contributed by atoms with van der Waals surface area (Å²) in [6.07, 6.45) is 0.999. The molecule has 0 amide bonds. The molecule has 0 spiro atoms. The molecule has 0 saturated heterocycles. The van der Waals surface area contributed by atoms with Crippen LogP contribution in [0.5, 0.6) is 11.5 Å². The van der Waals surface area contributed by atoms with Gasteiger partial charge < -0.3 is 14.8 Å². The van der Waals surface area contributed by atoms with E-state index in [1.165, 1.54) is 0 Å². The lowest BCUT2D eigenvalue weighted by Gasteiger charge is -2.20. The van der Waals surface area contributed by atoms with Crippen molar-refractivity contribution >= 4 is 5.78 Å². The highest BCUT2D eigenvalue weighted by Crippen LogP contribution is 2.31. The summed E-state index contributed by atoms with van der Waals surface area (Å²) in [4.78, 5) is 12.3. The number of nitrogens with one attached hydrogen (secondary N) is 1. The van der Waals surface area contributed by atoms with Gasteiger partial charge in [-0.1, -0.05) is 6.92 Å². The average molecular weight is 263 g/mol. The number of ether oxygens (including phenoxy) is 2. The van der Waals surface area contributed by atoms with Crippen LogP contribution in [0.2, 0.25) is 0 Å². The van der Waals surface area contributed by atoms with Gasteiger partial charge in [-0.05, 0) is 38.5 Å². The molecule has 2 atom stereocenters. The molecule has 0 bridgehead atoms. The maximum atomic E-state index is 12.3. The molecule has 19 heavy (non-hydrogen) atoms. The Morgan fingerprint density at radius 1 is 1.26 bits per heavy atom. The predicted molar refractivity (Wildman–Crippen MR) is 74.1 cm³/mol. The monoisotopic (exact) mass is 263 g/mol. The lowest BCUT2D eigenvalue weighted by Crippen LogP contribution is -2.39. The molecule has 2 unspecified atom stereocenters. The van der Waals surface area contributed by atoms with Crippen LogP contribution < -0.4 is 14.8 Å². The smallest absolute Gasteiger partial charge is 0.179 e. The maximum Gasteiger partial charge on any atom is 0.179 e. The Morgan fingerprint density at radius 3 is 2.63 bits per heavy atom. The van der Waals surface area contributed by atoms with Crippen molar-refractivity contribution in [2.45, 2.75) is 39.3 Å². The molecule has 1 N–H and O–H groups in total. The van der Waals surface area contributed by atoms with Crippen LogP contribution in [0.15, 0.2) is 18.2 Å². The molecule has 1 heterocycles. The zero-order valence-corrected chi connectivity index (χ0v) is 11.7. The number of hydrogen-bond acceptors (Lipinski definition) is 4. The topological polar surface area (TPSA) is 47.6 Å². The van der Waals surface area contributed by atoms with E-state index in [4.69, 9.17) is 9.47 Å². The van der Waals surface area contributed by atoms with Gasteiger partial charge >= 0.3 is 0 Å². The maximum absolute atomic E-state index is 12.3. The van der Waals surface area contributed by atoms with Crippen molar-refractivity contribution in [3.05, 3.63) is 23.8 Å². The van der Waals surface area contributed by atoms with Crippen LogP contribution in [0.3, 0.4) is 0 Å². The number of benzene rings is 1. The molecular formula is C15H21NO3. The number of carbonyl (C=O) groups is 1. The van der Waals surface area contributed by atoms with E-state index in [-0.39, 0.29) is 11.8 Å². The van der Waals surface area contributed by atoms with Crippen molar-refractivity contribution in [2.24, 2.45) is 0 Å². The molecular weight excluding hydrogens is 242 g/mol. The van der Waals surface area contributed by atoms with Gasteiger partial charge in [0.25, 0.3) is 0 Å².